The number of nitrogens with zero attached hydrogens (tertiary/aromatic N) is 4. The lowest BCUT2D eigenvalue weighted by Crippen LogP contribution is -2.14. The third-order valence-electron chi connectivity index (χ3n) is 5.23. The Kier molecular flexibility index (Phi) is 3.91. The minimum atomic E-state index is -0.00773. The minimum absolute atomic E-state index is 0.00773. The largest absolute Gasteiger partial charge is 0.346 e. The average Bonchev–Trinajstić information content (AvgIpc) is 3.37. The number of hydrogen-bond acceptors (Lipinski definition) is 4. The maximum atomic E-state index is 12.1. The average molecular weight is 382 g/mol. The van der Waals surface area contributed by atoms with Crippen molar-refractivity contribution in [2.24, 2.45) is 13.0 Å². The molecule has 4 aromatic rings. The van der Waals surface area contributed by atoms with Gasteiger partial charge in [0.25, 0.3) is 0 Å². The Hall–Kier alpha value is -3.92. The Morgan fingerprint density at radius 1 is 1.24 bits per heavy atom. The number of hydrogen-bond donors (Lipinski definition) is 2. The van der Waals surface area contributed by atoms with Crippen molar-refractivity contribution in [3.05, 3.63) is 54.6 Å². The van der Waals surface area contributed by atoms with Gasteiger partial charge in [0.15, 0.2) is 0 Å². The quantitative estimate of drug-likeness (QED) is 0.560. The fourth-order valence-corrected chi connectivity index (χ4v) is 3.46. The molecule has 7 heteroatoms. The molecule has 0 radical (unpaired) electrons. The molecule has 1 fully saturated rings. The van der Waals surface area contributed by atoms with Gasteiger partial charge in [-0.25, -0.2) is 4.98 Å². The number of nitriles is 1. The highest BCUT2D eigenvalue weighted by atomic mass is 16.2. The highest BCUT2D eigenvalue weighted by Gasteiger charge is 2.30. The monoisotopic (exact) mass is 382 g/mol. The van der Waals surface area contributed by atoms with Gasteiger partial charge in [-0.2, -0.15) is 10.4 Å². The van der Waals surface area contributed by atoms with Gasteiger partial charge in [-0.1, -0.05) is 6.07 Å². The van der Waals surface area contributed by atoms with Gasteiger partial charge in [-0.05, 0) is 36.6 Å². The molecule has 1 aromatic carbocycles. The minimum Gasteiger partial charge on any atom is -0.346 e. The molecular formula is C22H18N6O. The molecule has 7 nitrogen and oxygen atoms in total. The van der Waals surface area contributed by atoms with E-state index in [2.05, 4.69) is 32.5 Å². The number of carbonyl (C=O) groups excluding carboxylic acids is 1. The zero-order chi connectivity index (χ0) is 20.0. The predicted octanol–water partition coefficient (Wildman–Crippen LogP) is 3.85. The smallest absolute Gasteiger partial charge is 0.227 e. The molecule has 1 aliphatic rings. The van der Waals surface area contributed by atoms with Crippen molar-refractivity contribution >= 4 is 22.6 Å². The molecule has 0 unspecified atom stereocenters. The first kappa shape index (κ1) is 17.2. The third kappa shape index (κ3) is 3.15. The van der Waals surface area contributed by atoms with Crippen LogP contribution in [0.2, 0.25) is 0 Å². The van der Waals surface area contributed by atoms with E-state index in [0.717, 1.165) is 46.1 Å². The molecule has 2 N–H and O–H groups in total. The van der Waals surface area contributed by atoms with Crippen LogP contribution in [0.15, 0.2) is 49.1 Å². The van der Waals surface area contributed by atoms with Crippen LogP contribution in [0.3, 0.4) is 0 Å². The molecule has 29 heavy (non-hydrogen) atoms. The second-order valence-corrected chi connectivity index (χ2v) is 7.36. The fourth-order valence-electron chi connectivity index (χ4n) is 3.46. The Bertz CT molecular complexity index is 1290. The number of aryl methyl sites for hydroxylation is 1. The lowest BCUT2D eigenvalue weighted by Gasteiger charge is -2.08. The highest BCUT2D eigenvalue weighted by molar-refractivity contribution is 5.98. The summed E-state index contributed by atoms with van der Waals surface area (Å²) >= 11 is 0. The summed E-state index contributed by atoms with van der Waals surface area (Å²) in [5.41, 5.74) is 5.59. The number of aromatic amines is 1. The van der Waals surface area contributed by atoms with E-state index >= 15 is 0 Å². The Morgan fingerprint density at radius 3 is 2.83 bits per heavy atom. The zero-order valence-electron chi connectivity index (χ0n) is 15.8. The van der Waals surface area contributed by atoms with E-state index in [1.807, 2.05) is 37.8 Å². The zero-order valence-corrected chi connectivity index (χ0v) is 15.8. The molecule has 0 aliphatic heterocycles. The van der Waals surface area contributed by atoms with Gasteiger partial charge in [0.1, 0.15) is 11.7 Å². The lowest BCUT2D eigenvalue weighted by molar-refractivity contribution is -0.117. The van der Waals surface area contributed by atoms with Crippen LogP contribution >= 0.6 is 0 Å². The third-order valence-corrected chi connectivity index (χ3v) is 5.23. The molecule has 3 aromatic heterocycles. The number of carbonyl (C=O) groups is 1. The molecule has 0 saturated heterocycles. The van der Waals surface area contributed by atoms with Crippen LogP contribution in [0.25, 0.3) is 33.3 Å². The van der Waals surface area contributed by atoms with E-state index < -0.39 is 0 Å². The van der Waals surface area contributed by atoms with Gasteiger partial charge in [-0.15, -0.1) is 0 Å². The van der Waals surface area contributed by atoms with Crippen molar-refractivity contribution < 1.29 is 4.79 Å². The Balaban J connectivity index is 1.54. The van der Waals surface area contributed by atoms with Crippen molar-refractivity contribution in [1.29, 1.82) is 5.26 Å². The van der Waals surface area contributed by atoms with Crippen LogP contribution in [0.1, 0.15) is 18.4 Å². The molecule has 5 rings (SSSR count). The first-order valence-corrected chi connectivity index (χ1v) is 9.44. The van der Waals surface area contributed by atoms with E-state index in [4.69, 9.17) is 0 Å². The van der Waals surface area contributed by atoms with Gasteiger partial charge in [0.05, 0.1) is 17.4 Å². The Morgan fingerprint density at radius 2 is 2.10 bits per heavy atom. The van der Waals surface area contributed by atoms with Crippen LogP contribution < -0.4 is 5.32 Å². The number of amides is 1. The van der Waals surface area contributed by atoms with Crippen molar-refractivity contribution in [1.82, 2.24) is 19.7 Å². The summed E-state index contributed by atoms with van der Waals surface area (Å²) in [6.45, 7) is 0. The maximum Gasteiger partial charge on any atom is 0.227 e. The van der Waals surface area contributed by atoms with Gasteiger partial charge in [0.2, 0.25) is 5.91 Å². The molecule has 3 heterocycles. The van der Waals surface area contributed by atoms with Crippen molar-refractivity contribution in [2.75, 3.05) is 5.32 Å². The second kappa shape index (κ2) is 6.60. The fraction of sp³-hybridized carbons (Fsp3) is 0.182. The van der Waals surface area contributed by atoms with Gasteiger partial charge in [-0.3, -0.25) is 9.48 Å². The molecule has 142 valence electrons. The number of nitrogens with one attached hydrogen (secondary N) is 2. The number of anilines is 1. The Labute approximate surface area is 167 Å². The molecule has 0 spiro atoms. The summed E-state index contributed by atoms with van der Waals surface area (Å²) in [5.74, 6) is 0.0819. The van der Waals surface area contributed by atoms with Gasteiger partial charge >= 0.3 is 0 Å². The summed E-state index contributed by atoms with van der Waals surface area (Å²) in [7, 11) is 1.88. The summed E-state index contributed by atoms with van der Waals surface area (Å²) in [6, 6.07) is 9.79. The van der Waals surface area contributed by atoms with Crippen LogP contribution in [0.4, 0.5) is 5.69 Å². The number of benzene rings is 1. The van der Waals surface area contributed by atoms with E-state index in [0.29, 0.717) is 11.3 Å². The summed E-state index contributed by atoms with van der Waals surface area (Å²) in [5, 5.41) is 17.6. The SMILES string of the molecule is Cn1cc(-c2cnc3[nH]cc(-c4ccc(NC(=O)C5CC5)c(C#N)c4)c3c2)cn1. The van der Waals surface area contributed by atoms with E-state index in [9.17, 15) is 10.1 Å². The van der Waals surface area contributed by atoms with Crippen LogP contribution in [-0.2, 0) is 11.8 Å². The maximum absolute atomic E-state index is 12.1. The molecular weight excluding hydrogens is 364 g/mol. The van der Waals surface area contributed by atoms with Gasteiger partial charge in [0, 0.05) is 53.6 Å². The number of pyridine rings is 1. The number of H-pyrrole nitrogens is 1. The predicted molar refractivity (Wildman–Crippen MR) is 110 cm³/mol. The van der Waals surface area contributed by atoms with Crippen molar-refractivity contribution in [2.45, 2.75) is 12.8 Å². The highest BCUT2D eigenvalue weighted by Crippen LogP contribution is 2.34. The molecule has 1 aliphatic carbocycles. The normalized spacial score (nSPS) is 13.4. The summed E-state index contributed by atoms with van der Waals surface area (Å²) < 4.78 is 1.76. The van der Waals surface area contributed by atoms with Crippen molar-refractivity contribution in [3.8, 4) is 28.3 Å². The number of aromatic nitrogens is 4. The van der Waals surface area contributed by atoms with E-state index in [1.165, 1.54) is 0 Å². The summed E-state index contributed by atoms with van der Waals surface area (Å²) in [6.07, 6.45) is 9.31. The van der Waals surface area contributed by atoms with Crippen LogP contribution in [0, 0.1) is 17.2 Å². The molecule has 1 amide bonds. The molecule has 0 bridgehead atoms. The molecule has 0 atom stereocenters. The standard InChI is InChI=1S/C22H18N6O/c1-28-12-17(10-26-28)16-7-18-19(11-25-21(18)24-9-16)14-4-5-20(15(6-14)8-23)27-22(29)13-2-3-13/h4-7,9-13H,2-3H2,1H3,(H,24,25)(H,27,29). The lowest BCUT2D eigenvalue weighted by atomic mass is 10.0. The molecule has 1 saturated carbocycles. The first-order chi connectivity index (χ1) is 14.1. The number of fused-ring (bicyclic) bond motifs is 1. The second-order valence-electron chi connectivity index (χ2n) is 7.36. The van der Waals surface area contributed by atoms with E-state index in [1.54, 1.807) is 16.9 Å². The van der Waals surface area contributed by atoms with Crippen LogP contribution in [0.5, 0.6) is 0 Å². The summed E-state index contributed by atoms with van der Waals surface area (Å²) in [4.78, 5) is 19.8. The first-order valence-electron chi connectivity index (χ1n) is 9.44. The topological polar surface area (TPSA) is 99.4 Å². The van der Waals surface area contributed by atoms with Crippen molar-refractivity contribution in [3.63, 3.8) is 0 Å². The van der Waals surface area contributed by atoms with Gasteiger partial charge < -0.3 is 10.3 Å². The van der Waals surface area contributed by atoms with Crippen LogP contribution in [-0.4, -0.2) is 25.7 Å². The number of rotatable bonds is 4. The van der Waals surface area contributed by atoms with E-state index in [-0.39, 0.29) is 11.8 Å².